The molecule has 0 aliphatic carbocycles. The molecule has 1 aromatic carbocycles. The van der Waals surface area contributed by atoms with Crippen molar-refractivity contribution < 1.29 is 4.79 Å². The van der Waals surface area contributed by atoms with Gasteiger partial charge in [-0.25, -0.2) is 4.79 Å². The van der Waals surface area contributed by atoms with Crippen LogP contribution in [0, 0.1) is 0 Å². The molecule has 1 aliphatic rings. The molecular formula is C10H10N2O. The molecule has 0 aromatic heterocycles. The Labute approximate surface area is 76.5 Å². The fraction of sp³-hybridized carbons (Fsp3) is 0.100. The van der Waals surface area contributed by atoms with Gasteiger partial charge in [-0.2, -0.15) is 0 Å². The van der Waals surface area contributed by atoms with Gasteiger partial charge in [0.2, 0.25) is 0 Å². The molecule has 2 N–H and O–H groups in total. The minimum atomic E-state index is -0.156. The Hall–Kier alpha value is -1.77. The van der Waals surface area contributed by atoms with Crippen LogP contribution >= 0.6 is 0 Å². The fourth-order valence-corrected chi connectivity index (χ4v) is 1.31. The highest BCUT2D eigenvalue weighted by Gasteiger charge is 2.13. The number of carbonyl (C=O) groups is 1. The van der Waals surface area contributed by atoms with Crippen molar-refractivity contribution in [3.63, 3.8) is 0 Å². The minimum Gasteiger partial charge on any atom is -0.328 e. The first-order valence-electron chi connectivity index (χ1n) is 4.15. The van der Waals surface area contributed by atoms with Crippen LogP contribution in [0.4, 0.5) is 4.79 Å². The summed E-state index contributed by atoms with van der Waals surface area (Å²) in [7, 11) is 0. The van der Waals surface area contributed by atoms with E-state index in [0.29, 0.717) is 0 Å². The molecule has 3 nitrogen and oxygen atoms in total. The first kappa shape index (κ1) is 7.86. The third-order valence-corrected chi connectivity index (χ3v) is 1.95. The number of hydrogen-bond donors (Lipinski definition) is 2. The van der Waals surface area contributed by atoms with Crippen molar-refractivity contribution in [1.82, 2.24) is 10.6 Å². The van der Waals surface area contributed by atoms with Gasteiger partial charge in [0, 0.05) is 6.20 Å². The zero-order valence-electron chi connectivity index (χ0n) is 7.03. The Kier molecular flexibility index (Phi) is 2.00. The average molecular weight is 174 g/mol. The van der Waals surface area contributed by atoms with Crippen molar-refractivity contribution in [3.05, 3.63) is 48.2 Å². The molecule has 0 bridgehead atoms. The standard InChI is InChI=1S/C10H10N2O/c13-10-11-7-6-9(12-10)8-4-2-1-3-5-8/h1-7,9H,(H2,11,12,13)/t9-/m1/s1. The molecule has 0 spiro atoms. The lowest BCUT2D eigenvalue weighted by Crippen LogP contribution is -2.38. The van der Waals surface area contributed by atoms with Crippen LogP contribution in [0.5, 0.6) is 0 Å². The van der Waals surface area contributed by atoms with Crippen molar-refractivity contribution in [2.45, 2.75) is 6.04 Å². The predicted octanol–water partition coefficient (Wildman–Crippen LogP) is 1.55. The summed E-state index contributed by atoms with van der Waals surface area (Å²) in [5.74, 6) is 0. The molecule has 66 valence electrons. The second-order valence-electron chi connectivity index (χ2n) is 2.87. The van der Waals surface area contributed by atoms with E-state index in [9.17, 15) is 4.79 Å². The molecule has 1 aliphatic heterocycles. The molecule has 0 radical (unpaired) electrons. The van der Waals surface area contributed by atoms with Crippen molar-refractivity contribution >= 4 is 6.03 Å². The van der Waals surface area contributed by atoms with Gasteiger partial charge in [-0.3, -0.25) is 0 Å². The van der Waals surface area contributed by atoms with Crippen LogP contribution in [-0.2, 0) is 0 Å². The zero-order valence-corrected chi connectivity index (χ0v) is 7.03. The fourth-order valence-electron chi connectivity index (χ4n) is 1.31. The highest BCUT2D eigenvalue weighted by atomic mass is 16.2. The van der Waals surface area contributed by atoms with E-state index in [0.717, 1.165) is 5.56 Å². The van der Waals surface area contributed by atoms with E-state index in [1.807, 2.05) is 36.4 Å². The number of benzene rings is 1. The van der Waals surface area contributed by atoms with Gasteiger partial charge in [0.1, 0.15) is 0 Å². The first-order valence-corrected chi connectivity index (χ1v) is 4.15. The van der Waals surface area contributed by atoms with Gasteiger partial charge < -0.3 is 10.6 Å². The maximum atomic E-state index is 11.0. The van der Waals surface area contributed by atoms with Gasteiger partial charge in [-0.1, -0.05) is 30.3 Å². The van der Waals surface area contributed by atoms with Crippen LogP contribution < -0.4 is 10.6 Å². The number of amides is 2. The molecule has 0 saturated heterocycles. The monoisotopic (exact) mass is 174 g/mol. The van der Waals surface area contributed by atoms with Gasteiger partial charge in [-0.15, -0.1) is 0 Å². The maximum Gasteiger partial charge on any atom is 0.319 e. The van der Waals surface area contributed by atoms with Crippen molar-refractivity contribution in [1.29, 1.82) is 0 Å². The molecular weight excluding hydrogens is 164 g/mol. The van der Waals surface area contributed by atoms with Crippen LogP contribution in [-0.4, -0.2) is 6.03 Å². The Morgan fingerprint density at radius 2 is 1.92 bits per heavy atom. The van der Waals surface area contributed by atoms with Gasteiger partial charge in [-0.05, 0) is 11.6 Å². The van der Waals surface area contributed by atoms with E-state index < -0.39 is 0 Å². The Morgan fingerprint density at radius 1 is 1.15 bits per heavy atom. The third kappa shape index (κ3) is 1.69. The lowest BCUT2D eigenvalue weighted by molar-refractivity contribution is 0.240. The van der Waals surface area contributed by atoms with Crippen molar-refractivity contribution in [3.8, 4) is 0 Å². The molecule has 1 atom stereocenters. The lowest BCUT2D eigenvalue weighted by Gasteiger charge is -2.18. The number of rotatable bonds is 1. The summed E-state index contributed by atoms with van der Waals surface area (Å²) in [6, 6.07) is 9.68. The Bertz CT molecular complexity index is 332. The van der Waals surface area contributed by atoms with Gasteiger partial charge in [0.15, 0.2) is 0 Å². The number of hydrogen-bond acceptors (Lipinski definition) is 1. The van der Waals surface area contributed by atoms with Crippen LogP contribution in [0.15, 0.2) is 42.6 Å². The zero-order chi connectivity index (χ0) is 9.10. The Morgan fingerprint density at radius 3 is 2.62 bits per heavy atom. The second-order valence-corrected chi connectivity index (χ2v) is 2.87. The SMILES string of the molecule is O=C1NC=C[C@H](c2ccccc2)N1. The largest absolute Gasteiger partial charge is 0.328 e. The van der Waals surface area contributed by atoms with Crippen LogP contribution in [0.25, 0.3) is 0 Å². The molecule has 2 amide bonds. The number of nitrogens with one attached hydrogen (secondary N) is 2. The van der Waals surface area contributed by atoms with E-state index in [1.54, 1.807) is 6.20 Å². The summed E-state index contributed by atoms with van der Waals surface area (Å²) in [5, 5.41) is 5.35. The second kappa shape index (κ2) is 3.31. The summed E-state index contributed by atoms with van der Waals surface area (Å²) < 4.78 is 0. The average Bonchev–Trinajstić information content (AvgIpc) is 2.19. The van der Waals surface area contributed by atoms with E-state index in [4.69, 9.17) is 0 Å². The van der Waals surface area contributed by atoms with Crippen LogP contribution in [0.3, 0.4) is 0 Å². The normalized spacial score (nSPS) is 20.6. The third-order valence-electron chi connectivity index (χ3n) is 1.95. The molecule has 3 heteroatoms. The Balaban J connectivity index is 2.22. The summed E-state index contributed by atoms with van der Waals surface area (Å²) >= 11 is 0. The highest BCUT2D eigenvalue weighted by Crippen LogP contribution is 2.14. The van der Waals surface area contributed by atoms with E-state index in [1.165, 1.54) is 0 Å². The van der Waals surface area contributed by atoms with Gasteiger partial charge >= 0.3 is 6.03 Å². The van der Waals surface area contributed by atoms with Crippen molar-refractivity contribution in [2.24, 2.45) is 0 Å². The van der Waals surface area contributed by atoms with E-state index >= 15 is 0 Å². The molecule has 1 aromatic rings. The first-order chi connectivity index (χ1) is 6.36. The molecule has 0 saturated carbocycles. The molecule has 2 rings (SSSR count). The number of carbonyl (C=O) groups excluding carboxylic acids is 1. The van der Waals surface area contributed by atoms with Crippen LogP contribution in [0.1, 0.15) is 11.6 Å². The summed E-state index contributed by atoms with van der Waals surface area (Å²) in [6.45, 7) is 0. The minimum absolute atomic E-state index is 0.00468. The summed E-state index contributed by atoms with van der Waals surface area (Å²) in [6.07, 6.45) is 3.58. The topological polar surface area (TPSA) is 41.1 Å². The van der Waals surface area contributed by atoms with Gasteiger partial charge in [0.25, 0.3) is 0 Å². The van der Waals surface area contributed by atoms with Crippen molar-refractivity contribution in [2.75, 3.05) is 0 Å². The van der Waals surface area contributed by atoms with E-state index in [-0.39, 0.29) is 12.1 Å². The molecule has 13 heavy (non-hydrogen) atoms. The summed E-state index contributed by atoms with van der Waals surface area (Å²) in [5.41, 5.74) is 1.09. The molecule has 0 fully saturated rings. The maximum absolute atomic E-state index is 11.0. The van der Waals surface area contributed by atoms with E-state index in [2.05, 4.69) is 10.6 Å². The lowest BCUT2D eigenvalue weighted by atomic mass is 10.1. The highest BCUT2D eigenvalue weighted by molar-refractivity contribution is 5.76. The predicted molar refractivity (Wildman–Crippen MR) is 50.0 cm³/mol. The van der Waals surface area contributed by atoms with Crippen LogP contribution in [0.2, 0.25) is 0 Å². The van der Waals surface area contributed by atoms with Gasteiger partial charge in [0.05, 0.1) is 6.04 Å². The molecule has 1 heterocycles. The summed E-state index contributed by atoms with van der Waals surface area (Å²) in [4.78, 5) is 11.0. The smallest absolute Gasteiger partial charge is 0.319 e. The quantitative estimate of drug-likeness (QED) is 0.666. The number of urea groups is 1. The molecule has 0 unspecified atom stereocenters.